The normalized spacial score (nSPS) is 19.1. The van der Waals surface area contributed by atoms with Crippen LogP contribution in [0.3, 0.4) is 0 Å². The predicted octanol–water partition coefficient (Wildman–Crippen LogP) is 2.42. The summed E-state index contributed by atoms with van der Waals surface area (Å²) in [5, 5.41) is 0. The fourth-order valence-electron chi connectivity index (χ4n) is 2.46. The van der Waals surface area contributed by atoms with E-state index in [2.05, 4.69) is 0 Å². The monoisotopic (exact) mass is 346 g/mol. The molecule has 0 bridgehead atoms. The highest BCUT2D eigenvalue weighted by atomic mass is 16.7. The highest BCUT2D eigenvalue weighted by molar-refractivity contribution is 6.56. The van der Waals surface area contributed by atoms with Crippen LogP contribution in [0.4, 0.5) is 5.69 Å². The van der Waals surface area contributed by atoms with Gasteiger partial charge in [0.1, 0.15) is 0 Å². The number of hydrogen-bond donors (Lipinski definition) is 2. The van der Waals surface area contributed by atoms with E-state index in [0.717, 1.165) is 5.47 Å². The molecule has 0 saturated carbocycles. The van der Waals surface area contributed by atoms with E-state index in [0.29, 0.717) is 23.4 Å². The van der Waals surface area contributed by atoms with Crippen LogP contribution in [0.5, 0.6) is 0 Å². The van der Waals surface area contributed by atoms with Crippen molar-refractivity contribution >= 4 is 24.9 Å². The van der Waals surface area contributed by atoms with Crippen LogP contribution in [0.1, 0.15) is 50.5 Å². The van der Waals surface area contributed by atoms with Gasteiger partial charge in [-0.15, -0.1) is 0 Å². The summed E-state index contributed by atoms with van der Waals surface area (Å²) in [6.45, 7) is 10.3. The van der Waals surface area contributed by atoms with Crippen molar-refractivity contribution in [3.63, 3.8) is 0 Å². The molecule has 1 aromatic rings. The minimum absolute atomic E-state index is 0.250. The SMILES string of the molecule is CCOC(=O)c1ccc(N)c(C=C(CN)B2OC(C)(C)C(C)(C)O2)c1. The van der Waals surface area contributed by atoms with Gasteiger partial charge in [0, 0.05) is 12.2 Å². The van der Waals surface area contributed by atoms with E-state index in [9.17, 15) is 4.79 Å². The lowest BCUT2D eigenvalue weighted by atomic mass is 9.77. The molecule has 0 aromatic heterocycles. The van der Waals surface area contributed by atoms with Gasteiger partial charge in [0.05, 0.1) is 23.4 Å². The third kappa shape index (κ3) is 4.06. The molecular weight excluding hydrogens is 319 g/mol. The zero-order valence-electron chi connectivity index (χ0n) is 15.6. The van der Waals surface area contributed by atoms with Gasteiger partial charge in [0.2, 0.25) is 0 Å². The van der Waals surface area contributed by atoms with Gasteiger partial charge in [-0.1, -0.05) is 6.08 Å². The second-order valence-corrected chi connectivity index (χ2v) is 7.08. The number of esters is 1. The van der Waals surface area contributed by atoms with Crippen molar-refractivity contribution in [2.45, 2.75) is 45.8 Å². The number of nitrogens with two attached hydrogens (primary N) is 2. The molecule has 7 heteroatoms. The molecule has 0 spiro atoms. The molecule has 4 N–H and O–H groups in total. The van der Waals surface area contributed by atoms with Crippen LogP contribution in [-0.2, 0) is 14.0 Å². The first kappa shape index (κ1) is 19.5. The van der Waals surface area contributed by atoms with Crippen molar-refractivity contribution in [3.8, 4) is 0 Å². The fraction of sp³-hybridized carbons (Fsp3) is 0.500. The maximum absolute atomic E-state index is 11.9. The van der Waals surface area contributed by atoms with Crippen molar-refractivity contribution < 1.29 is 18.8 Å². The lowest BCUT2D eigenvalue weighted by molar-refractivity contribution is 0.00578. The maximum atomic E-state index is 11.9. The number of nitrogen functional groups attached to an aromatic ring is 1. The summed E-state index contributed by atoms with van der Waals surface area (Å²) < 4.78 is 17.1. The molecule has 0 unspecified atom stereocenters. The van der Waals surface area contributed by atoms with Gasteiger partial charge in [-0.2, -0.15) is 0 Å². The zero-order valence-corrected chi connectivity index (χ0v) is 15.6. The molecular formula is C18H27BN2O4. The topological polar surface area (TPSA) is 96.8 Å². The first-order valence-electron chi connectivity index (χ1n) is 8.44. The van der Waals surface area contributed by atoms with E-state index < -0.39 is 18.3 Å². The van der Waals surface area contributed by atoms with E-state index in [-0.39, 0.29) is 12.5 Å². The Hall–Kier alpha value is -1.83. The Balaban J connectivity index is 2.34. The summed E-state index contributed by atoms with van der Waals surface area (Å²) in [7, 11) is -0.555. The molecule has 1 aliphatic rings. The Kier molecular flexibility index (Phi) is 5.61. The zero-order chi connectivity index (χ0) is 18.8. The molecule has 1 fully saturated rings. The molecule has 1 saturated heterocycles. The van der Waals surface area contributed by atoms with Crippen molar-refractivity contribution in [1.29, 1.82) is 0 Å². The van der Waals surface area contributed by atoms with Crippen molar-refractivity contribution in [2.75, 3.05) is 18.9 Å². The standard InChI is InChI=1S/C18H27BN2O4/c1-6-23-16(22)12-7-8-15(21)13(9-12)10-14(11-20)19-24-17(2,3)18(4,5)25-19/h7-10H,6,11,20-21H2,1-5H3. The van der Waals surface area contributed by atoms with Crippen LogP contribution in [0.15, 0.2) is 23.7 Å². The number of hydrogen-bond acceptors (Lipinski definition) is 6. The number of anilines is 1. The van der Waals surface area contributed by atoms with Gasteiger partial charge in [-0.3, -0.25) is 0 Å². The highest BCUT2D eigenvalue weighted by Crippen LogP contribution is 2.38. The van der Waals surface area contributed by atoms with Crippen LogP contribution in [0.2, 0.25) is 0 Å². The molecule has 0 radical (unpaired) electrons. The molecule has 0 atom stereocenters. The minimum Gasteiger partial charge on any atom is -0.462 e. The molecule has 0 amide bonds. The second-order valence-electron chi connectivity index (χ2n) is 7.08. The molecule has 25 heavy (non-hydrogen) atoms. The number of carbonyl (C=O) groups is 1. The van der Waals surface area contributed by atoms with Gasteiger partial charge >= 0.3 is 13.1 Å². The van der Waals surface area contributed by atoms with E-state index >= 15 is 0 Å². The van der Waals surface area contributed by atoms with Gasteiger partial charge in [-0.25, -0.2) is 4.79 Å². The first-order chi connectivity index (χ1) is 11.6. The van der Waals surface area contributed by atoms with E-state index in [4.69, 9.17) is 25.5 Å². The second kappa shape index (κ2) is 7.19. The number of rotatable bonds is 5. The maximum Gasteiger partial charge on any atom is 0.491 e. The smallest absolute Gasteiger partial charge is 0.462 e. The Morgan fingerprint density at radius 1 is 1.24 bits per heavy atom. The Labute approximate surface area is 149 Å². The van der Waals surface area contributed by atoms with Crippen LogP contribution in [0.25, 0.3) is 6.08 Å². The molecule has 136 valence electrons. The quantitative estimate of drug-likeness (QED) is 0.483. The highest BCUT2D eigenvalue weighted by Gasteiger charge is 2.52. The fourth-order valence-corrected chi connectivity index (χ4v) is 2.46. The lowest BCUT2D eigenvalue weighted by Gasteiger charge is -2.32. The average molecular weight is 346 g/mol. The Bertz CT molecular complexity index is 670. The summed E-state index contributed by atoms with van der Waals surface area (Å²) in [6.07, 6.45) is 1.82. The van der Waals surface area contributed by atoms with Gasteiger partial charge in [0.25, 0.3) is 0 Å². The summed E-state index contributed by atoms with van der Waals surface area (Å²) in [5.41, 5.74) is 13.5. The largest absolute Gasteiger partial charge is 0.491 e. The summed E-state index contributed by atoms with van der Waals surface area (Å²) in [6, 6.07) is 5.01. The van der Waals surface area contributed by atoms with Crippen LogP contribution >= 0.6 is 0 Å². The predicted molar refractivity (Wildman–Crippen MR) is 99.9 cm³/mol. The van der Waals surface area contributed by atoms with E-state index in [1.54, 1.807) is 25.1 Å². The Morgan fingerprint density at radius 3 is 2.36 bits per heavy atom. The van der Waals surface area contributed by atoms with Crippen molar-refractivity contribution in [1.82, 2.24) is 0 Å². The van der Waals surface area contributed by atoms with Crippen molar-refractivity contribution in [3.05, 3.63) is 34.8 Å². The minimum atomic E-state index is -0.555. The Morgan fingerprint density at radius 2 is 1.84 bits per heavy atom. The summed E-state index contributed by atoms with van der Waals surface area (Å²) in [5.74, 6) is -0.387. The molecule has 1 aliphatic heterocycles. The number of benzene rings is 1. The molecule has 6 nitrogen and oxygen atoms in total. The number of ether oxygens (including phenoxy) is 1. The van der Waals surface area contributed by atoms with Gasteiger partial charge in [-0.05, 0) is 63.9 Å². The summed E-state index contributed by atoms with van der Waals surface area (Å²) >= 11 is 0. The molecule has 0 aliphatic carbocycles. The van der Waals surface area contributed by atoms with E-state index in [1.165, 1.54) is 0 Å². The van der Waals surface area contributed by atoms with Crippen LogP contribution in [0, 0.1) is 0 Å². The molecule has 1 heterocycles. The van der Waals surface area contributed by atoms with E-state index in [1.807, 2.05) is 33.8 Å². The first-order valence-corrected chi connectivity index (χ1v) is 8.44. The van der Waals surface area contributed by atoms with Crippen LogP contribution < -0.4 is 11.5 Å². The number of carbonyl (C=O) groups excluding carboxylic acids is 1. The lowest BCUT2D eigenvalue weighted by Crippen LogP contribution is -2.41. The molecule has 2 rings (SSSR count). The van der Waals surface area contributed by atoms with Gasteiger partial charge in [0.15, 0.2) is 0 Å². The average Bonchev–Trinajstić information content (AvgIpc) is 2.74. The summed E-state index contributed by atoms with van der Waals surface area (Å²) in [4.78, 5) is 11.9. The van der Waals surface area contributed by atoms with Gasteiger partial charge < -0.3 is 25.5 Å². The third-order valence-corrected chi connectivity index (χ3v) is 4.73. The van der Waals surface area contributed by atoms with Crippen molar-refractivity contribution in [2.24, 2.45) is 5.73 Å². The molecule has 1 aromatic carbocycles. The third-order valence-electron chi connectivity index (χ3n) is 4.73. The van der Waals surface area contributed by atoms with Crippen LogP contribution in [-0.4, -0.2) is 37.4 Å².